The largest absolute Gasteiger partial charge is 0.416 e. The molecule has 0 aliphatic rings. The minimum atomic E-state index is -4.35. The van der Waals surface area contributed by atoms with Gasteiger partial charge >= 0.3 is 6.18 Å². The Labute approximate surface area is 147 Å². The van der Waals surface area contributed by atoms with Crippen molar-refractivity contribution in [2.24, 2.45) is 0 Å². The van der Waals surface area contributed by atoms with Crippen molar-refractivity contribution in [3.8, 4) is 11.3 Å². The predicted molar refractivity (Wildman–Crippen MR) is 91.8 cm³/mol. The van der Waals surface area contributed by atoms with E-state index in [1.807, 2.05) is 13.0 Å². The maximum absolute atomic E-state index is 12.7. The fourth-order valence-corrected chi connectivity index (χ4v) is 2.72. The smallest absolute Gasteiger partial charge is 0.311 e. The molecular weight excluding hydrogens is 343 g/mol. The van der Waals surface area contributed by atoms with Crippen LogP contribution in [0.3, 0.4) is 0 Å². The lowest BCUT2D eigenvalue weighted by Gasteiger charge is -2.14. The summed E-state index contributed by atoms with van der Waals surface area (Å²) >= 11 is 0. The zero-order chi connectivity index (χ0) is 18.9. The standard InChI is InChI=1S/C19H16F3N3O/c1-11(13-3-5-16(6-4-13)19(20,21)22)14-7-15(10-23-9-14)17-8-18(26)25-12(2)24-17/h3-11H,1-2H3,(H,24,25,26)/t11-/m0/s1. The summed E-state index contributed by atoms with van der Waals surface area (Å²) in [5.74, 6) is 0.335. The minimum Gasteiger partial charge on any atom is -0.311 e. The second kappa shape index (κ2) is 6.74. The number of aryl methyl sites for hydroxylation is 1. The zero-order valence-corrected chi connectivity index (χ0v) is 14.1. The van der Waals surface area contributed by atoms with Crippen molar-refractivity contribution < 1.29 is 13.2 Å². The van der Waals surface area contributed by atoms with Crippen LogP contribution in [0, 0.1) is 6.92 Å². The molecule has 1 N–H and O–H groups in total. The second-order valence-electron chi connectivity index (χ2n) is 6.06. The van der Waals surface area contributed by atoms with Gasteiger partial charge < -0.3 is 4.98 Å². The number of aromatic amines is 1. The van der Waals surface area contributed by atoms with E-state index in [2.05, 4.69) is 15.0 Å². The number of hydrogen-bond acceptors (Lipinski definition) is 3. The third-order valence-corrected chi connectivity index (χ3v) is 4.15. The number of aromatic nitrogens is 3. The van der Waals surface area contributed by atoms with Gasteiger partial charge in [-0.25, -0.2) is 4.98 Å². The number of pyridine rings is 1. The average Bonchev–Trinajstić information content (AvgIpc) is 2.60. The van der Waals surface area contributed by atoms with Crippen LogP contribution < -0.4 is 5.56 Å². The minimum absolute atomic E-state index is 0.159. The molecule has 3 rings (SSSR count). The Morgan fingerprint density at radius 2 is 1.73 bits per heavy atom. The fourth-order valence-electron chi connectivity index (χ4n) is 2.72. The maximum Gasteiger partial charge on any atom is 0.416 e. The van der Waals surface area contributed by atoms with Crippen molar-refractivity contribution in [1.82, 2.24) is 15.0 Å². The molecule has 4 nitrogen and oxygen atoms in total. The van der Waals surface area contributed by atoms with Gasteiger partial charge in [-0.3, -0.25) is 9.78 Å². The molecule has 7 heteroatoms. The van der Waals surface area contributed by atoms with E-state index in [-0.39, 0.29) is 11.5 Å². The molecule has 2 aromatic heterocycles. The van der Waals surface area contributed by atoms with Crippen LogP contribution in [-0.2, 0) is 6.18 Å². The van der Waals surface area contributed by atoms with Crippen molar-refractivity contribution >= 4 is 0 Å². The molecule has 0 spiro atoms. The first-order valence-corrected chi connectivity index (χ1v) is 7.94. The monoisotopic (exact) mass is 359 g/mol. The molecular formula is C19H16F3N3O. The summed E-state index contributed by atoms with van der Waals surface area (Å²) in [6, 6.07) is 8.31. The number of nitrogens with zero attached hydrogens (tertiary/aromatic N) is 2. The Morgan fingerprint density at radius 1 is 1.04 bits per heavy atom. The van der Waals surface area contributed by atoms with Gasteiger partial charge in [0.05, 0.1) is 11.3 Å². The van der Waals surface area contributed by atoms with E-state index in [9.17, 15) is 18.0 Å². The summed E-state index contributed by atoms with van der Waals surface area (Å²) in [4.78, 5) is 22.7. The Hall–Kier alpha value is -2.96. The lowest BCUT2D eigenvalue weighted by atomic mass is 9.92. The number of halogens is 3. The van der Waals surface area contributed by atoms with Gasteiger partial charge in [0.15, 0.2) is 0 Å². The van der Waals surface area contributed by atoms with Gasteiger partial charge in [-0.1, -0.05) is 19.1 Å². The normalized spacial score (nSPS) is 12.8. The Kier molecular flexibility index (Phi) is 4.63. The van der Waals surface area contributed by atoms with Gasteiger partial charge in [-0.2, -0.15) is 13.2 Å². The van der Waals surface area contributed by atoms with Gasteiger partial charge in [0.1, 0.15) is 5.82 Å². The number of benzene rings is 1. The number of rotatable bonds is 3. The van der Waals surface area contributed by atoms with Crippen molar-refractivity contribution in [2.45, 2.75) is 25.9 Å². The van der Waals surface area contributed by atoms with Crippen molar-refractivity contribution in [1.29, 1.82) is 0 Å². The van der Waals surface area contributed by atoms with Crippen LogP contribution in [0.2, 0.25) is 0 Å². The molecule has 1 aromatic carbocycles. The van der Waals surface area contributed by atoms with E-state index in [1.54, 1.807) is 19.3 Å². The summed E-state index contributed by atoms with van der Waals surface area (Å²) in [7, 11) is 0. The van der Waals surface area contributed by atoms with Crippen LogP contribution in [0.5, 0.6) is 0 Å². The summed E-state index contributed by atoms with van der Waals surface area (Å²) in [5, 5.41) is 0. The highest BCUT2D eigenvalue weighted by atomic mass is 19.4. The van der Waals surface area contributed by atoms with Crippen molar-refractivity contribution in [3.63, 3.8) is 0 Å². The van der Waals surface area contributed by atoms with Crippen LogP contribution in [0.15, 0.2) is 53.6 Å². The molecule has 0 radical (unpaired) electrons. The highest BCUT2D eigenvalue weighted by Gasteiger charge is 2.30. The van der Waals surface area contributed by atoms with E-state index in [0.717, 1.165) is 23.3 Å². The van der Waals surface area contributed by atoms with Crippen LogP contribution in [0.4, 0.5) is 13.2 Å². The van der Waals surface area contributed by atoms with E-state index < -0.39 is 11.7 Å². The molecule has 0 saturated heterocycles. The first kappa shape index (κ1) is 17.8. The quantitative estimate of drug-likeness (QED) is 0.758. The highest BCUT2D eigenvalue weighted by molar-refractivity contribution is 5.58. The van der Waals surface area contributed by atoms with Crippen molar-refractivity contribution in [3.05, 3.63) is 81.7 Å². The zero-order valence-electron chi connectivity index (χ0n) is 14.1. The van der Waals surface area contributed by atoms with E-state index in [0.29, 0.717) is 17.1 Å². The fraction of sp³-hybridized carbons (Fsp3) is 0.211. The molecule has 0 aliphatic carbocycles. The van der Waals surface area contributed by atoms with Crippen LogP contribution in [0.1, 0.15) is 35.4 Å². The highest BCUT2D eigenvalue weighted by Crippen LogP contribution is 2.32. The third-order valence-electron chi connectivity index (χ3n) is 4.15. The third kappa shape index (κ3) is 3.82. The van der Waals surface area contributed by atoms with Crippen LogP contribution in [0.25, 0.3) is 11.3 Å². The van der Waals surface area contributed by atoms with Crippen LogP contribution >= 0.6 is 0 Å². The number of nitrogens with one attached hydrogen (secondary N) is 1. The molecule has 2 heterocycles. The second-order valence-corrected chi connectivity index (χ2v) is 6.06. The molecule has 1 atom stereocenters. The maximum atomic E-state index is 12.7. The molecule has 0 amide bonds. The van der Waals surface area contributed by atoms with E-state index in [1.165, 1.54) is 18.2 Å². The topological polar surface area (TPSA) is 58.6 Å². The average molecular weight is 359 g/mol. The molecule has 3 aromatic rings. The molecule has 0 saturated carbocycles. The Morgan fingerprint density at radius 3 is 2.35 bits per heavy atom. The lowest BCUT2D eigenvalue weighted by molar-refractivity contribution is -0.137. The predicted octanol–water partition coefficient (Wildman–Crippen LogP) is 4.31. The first-order valence-electron chi connectivity index (χ1n) is 7.94. The molecule has 0 unspecified atom stereocenters. The molecule has 26 heavy (non-hydrogen) atoms. The number of H-pyrrole nitrogens is 1. The van der Waals surface area contributed by atoms with Crippen molar-refractivity contribution in [2.75, 3.05) is 0 Å². The van der Waals surface area contributed by atoms with Gasteiger partial charge in [0, 0.05) is 29.9 Å². The van der Waals surface area contributed by atoms with Crippen LogP contribution in [-0.4, -0.2) is 15.0 Å². The SMILES string of the molecule is Cc1nc(-c2cncc([C@@H](C)c3ccc(C(F)(F)F)cc3)c2)cc(=O)[nH]1. The summed E-state index contributed by atoms with van der Waals surface area (Å²) in [5.41, 5.74) is 1.81. The summed E-state index contributed by atoms with van der Waals surface area (Å²) in [6.07, 6.45) is -1.09. The molecule has 0 bridgehead atoms. The molecule has 134 valence electrons. The summed E-state index contributed by atoms with van der Waals surface area (Å²) < 4.78 is 38.1. The Bertz CT molecular complexity index is 978. The van der Waals surface area contributed by atoms with E-state index in [4.69, 9.17) is 0 Å². The lowest BCUT2D eigenvalue weighted by Crippen LogP contribution is -2.08. The van der Waals surface area contributed by atoms with E-state index >= 15 is 0 Å². The van der Waals surface area contributed by atoms with Gasteiger partial charge in [-0.15, -0.1) is 0 Å². The molecule has 0 fully saturated rings. The first-order chi connectivity index (χ1) is 12.2. The summed E-state index contributed by atoms with van der Waals surface area (Å²) in [6.45, 7) is 3.58. The number of alkyl halides is 3. The van der Waals surface area contributed by atoms with Gasteiger partial charge in [0.25, 0.3) is 5.56 Å². The Balaban J connectivity index is 1.93. The molecule has 0 aliphatic heterocycles. The van der Waals surface area contributed by atoms with Gasteiger partial charge in [-0.05, 0) is 36.2 Å². The number of hydrogen-bond donors (Lipinski definition) is 1. The van der Waals surface area contributed by atoms with Gasteiger partial charge in [0.2, 0.25) is 0 Å².